The van der Waals surface area contributed by atoms with Crippen LogP contribution in [0.4, 0.5) is 0 Å². The molecule has 1 aliphatic heterocycles. The third kappa shape index (κ3) is 2.58. The van der Waals surface area contributed by atoms with E-state index in [1.165, 1.54) is 32.4 Å². The average molecular weight is 225 g/mol. The summed E-state index contributed by atoms with van der Waals surface area (Å²) in [6.45, 7) is 7.92. The zero-order chi connectivity index (χ0) is 11.7. The second kappa shape index (κ2) is 5.03. The number of likely N-dealkylation sites (N-methyl/N-ethyl adjacent to an activating group) is 1. The van der Waals surface area contributed by atoms with E-state index in [4.69, 9.17) is 5.73 Å². The molecule has 0 aromatic rings. The fourth-order valence-electron chi connectivity index (χ4n) is 3.01. The summed E-state index contributed by atoms with van der Waals surface area (Å²) in [5.41, 5.74) is 5.92. The molecule has 2 atom stereocenters. The summed E-state index contributed by atoms with van der Waals surface area (Å²) in [6, 6.07) is 2.06. The molecular formula is C13H27N3. The van der Waals surface area contributed by atoms with E-state index < -0.39 is 0 Å². The Labute approximate surface area is 100.0 Å². The summed E-state index contributed by atoms with van der Waals surface area (Å²) in [7, 11) is 2.28. The first-order valence-electron chi connectivity index (χ1n) is 6.79. The van der Waals surface area contributed by atoms with Crippen LogP contribution in [0.2, 0.25) is 0 Å². The molecule has 1 heterocycles. The molecule has 16 heavy (non-hydrogen) atoms. The fourth-order valence-corrected chi connectivity index (χ4v) is 3.01. The standard InChI is InChI=1S/C13H27N3/c1-10(2)16-7-6-12(9-16)15(3)13(8-14)11-4-5-11/h10-13H,4-9,14H2,1-3H3. The Hall–Kier alpha value is -0.120. The van der Waals surface area contributed by atoms with E-state index in [1.54, 1.807) is 0 Å². The summed E-state index contributed by atoms with van der Waals surface area (Å²) in [5, 5.41) is 0. The SMILES string of the molecule is CC(C)N1CCC(N(C)C(CN)C2CC2)C1. The molecule has 94 valence electrons. The van der Waals surface area contributed by atoms with Gasteiger partial charge in [-0.3, -0.25) is 9.80 Å². The molecule has 0 aromatic carbocycles. The largest absolute Gasteiger partial charge is 0.329 e. The lowest BCUT2D eigenvalue weighted by molar-refractivity contribution is 0.152. The zero-order valence-corrected chi connectivity index (χ0v) is 11.0. The predicted molar refractivity (Wildman–Crippen MR) is 68.4 cm³/mol. The van der Waals surface area contributed by atoms with E-state index in [9.17, 15) is 0 Å². The highest BCUT2D eigenvalue weighted by atomic mass is 15.3. The summed E-state index contributed by atoms with van der Waals surface area (Å²) < 4.78 is 0. The molecule has 2 fully saturated rings. The molecule has 3 heteroatoms. The van der Waals surface area contributed by atoms with Crippen LogP contribution in [-0.2, 0) is 0 Å². The van der Waals surface area contributed by atoms with Gasteiger partial charge in [-0.25, -0.2) is 0 Å². The number of hydrogen-bond donors (Lipinski definition) is 1. The molecule has 2 aliphatic rings. The highest BCUT2D eigenvalue weighted by molar-refractivity contribution is 4.93. The lowest BCUT2D eigenvalue weighted by Gasteiger charge is -2.33. The molecule has 3 nitrogen and oxygen atoms in total. The molecule has 2 unspecified atom stereocenters. The summed E-state index contributed by atoms with van der Waals surface area (Å²) in [4.78, 5) is 5.15. The minimum absolute atomic E-state index is 0.636. The van der Waals surface area contributed by atoms with Crippen molar-refractivity contribution in [3.63, 3.8) is 0 Å². The Morgan fingerprint density at radius 1 is 1.31 bits per heavy atom. The van der Waals surface area contributed by atoms with Crippen molar-refractivity contribution in [2.75, 3.05) is 26.7 Å². The monoisotopic (exact) mass is 225 g/mol. The Morgan fingerprint density at radius 2 is 2.00 bits per heavy atom. The van der Waals surface area contributed by atoms with Gasteiger partial charge in [-0.05, 0) is 46.1 Å². The maximum absolute atomic E-state index is 5.92. The van der Waals surface area contributed by atoms with Gasteiger partial charge in [0.15, 0.2) is 0 Å². The maximum atomic E-state index is 5.92. The van der Waals surface area contributed by atoms with Crippen molar-refractivity contribution in [2.24, 2.45) is 11.7 Å². The highest BCUT2D eigenvalue weighted by Gasteiger charge is 2.37. The van der Waals surface area contributed by atoms with E-state index in [-0.39, 0.29) is 0 Å². The van der Waals surface area contributed by atoms with E-state index >= 15 is 0 Å². The second-order valence-corrected chi connectivity index (χ2v) is 5.84. The van der Waals surface area contributed by atoms with Crippen LogP contribution in [0.1, 0.15) is 33.1 Å². The molecule has 0 spiro atoms. The van der Waals surface area contributed by atoms with Gasteiger partial charge in [-0.15, -0.1) is 0 Å². The summed E-state index contributed by atoms with van der Waals surface area (Å²) in [5.74, 6) is 0.892. The van der Waals surface area contributed by atoms with Crippen LogP contribution >= 0.6 is 0 Å². The topological polar surface area (TPSA) is 32.5 Å². The van der Waals surface area contributed by atoms with Crippen LogP contribution in [0.25, 0.3) is 0 Å². The van der Waals surface area contributed by atoms with Crippen molar-refractivity contribution in [3.05, 3.63) is 0 Å². The van der Waals surface area contributed by atoms with Gasteiger partial charge in [0.2, 0.25) is 0 Å². The van der Waals surface area contributed by atoms with Gasteiger partial charge in [-0.1, -0.05) is 0 Å². The van der Waals surface area contributed by atoms with Gasteiger partial charge in [0, 0.05) is 37.8 Å². The normalized spacial score (nSPS) is 29.2. The van der Waals surface area contributed by atoms with E-state index in [1.807, 2.05) is 0 Å². The number of rotatable bonds is 5. The van der Waals surface area contributed by atoms with Crippen molar-refractivity contribution < 1.29 is 0 Å². The van der Waals surface area contributed by atoms with Crippen molar-refractivity contribution in [3.8, 4) is 0 Å². The van der Waals surface area contributed by atoms with E-state index in [0.717, 1.165) is 18.5 Å². The van der Waals surface area contributed by atoms with Crippen molar-refractivity contribution in [1.29, 1.82) is 0 Å². The molecule has 0 radical (unpaired) electrons. The maximum Gasteiger partial charge on any atom is 0.0247 e. The molecule has 1 saturated heterocycles. The first kappa shape index (κ1) is 12.3. The second-order valence-electron chi connectivity index (χ2n) is 5.84. The number of hydrogen-bond acceptors (Lipinski definition) is 3. The van der Waals surface area contributed by atoms with Crippen LogP contribution in [0, 0.1) is 5.92 Å². The van der Waals surface area contributed by atoms with Crippen LogP contribution in [0.3, 0.4) is 0 Å². The van der Waals surface area contributed by atoms with Crippen LogP contribution in [0.5, 0.6) is 0 Å². The molecule has 2 N–H and O–H groups in total. The third-order valence-electron chi connectivity index (χ3n) is 4.43. The molecule has 0 amide bonds. The third-order valence-corrected chi connectivity index (χ3v) is 4.43. The predicted octanol–water partition coefficient (Wildman–Crippen LogP) is 1.14. The number of likely N-dealkylation sites (tertiary alicyclic amines) is 1. The smallest absolute Gasteiger partial charge is 0.0247 e. The van der Waals surface area contributed by atoms with Gasteiger partial charge in [0.05, 0.1) is 0 Å². The molecule has 0 aromatic heterocycles. The van der Waals surface area contributed by atoms with Crippen LogP contribution in [-0.4, -0.2) is 54.6 Å². The zero-order valence-electron chi connectivity index (χ0n) is 11.0. The van der Waals surface area contributed by atoms with Crippen molar-refractivity contribution in [1.82, 2.24) is 9.80 Å². The lowest BCUT2D eigenvalue weighted by Crippen LogP contribution is -2.47. The van der Waals surface area contributed by atoms with Gasteiger partial charge < -0.3 is 5.73 Å². The lowest BCUT2D eigenvalue weighted by atomic mass is 10.1. The Kier molecular flexibility index (Phi) is 3.88. The fraction of sp³-hybridized carbons (Fsp3) is 1.00. The first-order chi connectivity index (χ1) is 7.63. The minimum Gasteiger partial charge on any atom is -0.329 e. The Balaban J connectivity index is 1.87. The van der Waals surface area contributed by atoms with Gasteiger partial charge in [0.25, 0.3) is 0 Å². The van der Waals surface area contributed by atoms with Gasteiger partial charge in [-0.2, -0.15) is 0 Å². The Bertz CT molecular complexity index is 225. The van der Waals surface area contributed by atoms with Crippen LogP contribution in [0.15, 0.2) is 0 Å². The average Bonchev–Trinajstić information content (AvgIpc) is 2.96. The number of nitrogens with two attached hydrogens (primary N) is 1. The Morgan fingerprint density at radius 3 is 2.44 bits per heavy atom. The minimum atomic E-state index is 0.636. The summed E-state index contributed by atoms with van der Waals surface area (Å²) >= 11 is 0. The highest BCUT2D eigenvalue weighted by Crippen LogP contribution is 2.36. The summed E-state index contributed by atoms with van der Waals surface area (Å²) in [6.07, 6.45) is 4.11. The molecule has 1 saturated carbocycles. The van der Waals surface area contributed by atoms with Crippen molar-refractivity contribution in [2.45, 2.75) is 51.2 Å². The van der Waals surface area contributed by atoms with Crippen LogP contribution < -0.4 is 5.73 Å². The van der Waals surface area contributed by atoms with E-state index in [0.29, 0.717) is 12.1 Å². The van der Waals surface area contributed by atoms with Gasteiger partial charge >= 0.3 is 0 Å². The quantitative estimate of drug-likeness (QED) is 0.761. The van der Waals surface area contributed by atoms with Gasteiger partial charge in [0.1, 0.15) is 0 Å². The first-order valence-corrected chi connectivity index (χ1v) is 6.79. The molecule has 1 aliphatic carbocycles. The molecule has 2 rings (SSSR count). The number of nitrogens with zero attached hydrogens (tertiary/aromatic N) is 2. The van der Waals surface area contributed by atoms with E-state index in [2.05, 4.69) is 30.7 Å². The van der Waals surface area contributed by atoms with Crippen molar-refractivity contribution >= 4 is 0 Å². The molecule has 0 bridgehead atoms. The molecular weight excluding hydrogens is 198 g/mol.